The van der Waals surface area contributed by atoms with Gasteiger partial charge in [0.2, 0.25) is 5.91 Å². The summed E-state index contributed by atoms with van der Waals surface area (Å²) in [4.78, 5) is 14.9. The van der Waals surface area contributed by atoms with Crippen LogP contribution in [-0.4, -0.2) is 36.0 Å². The SMILES string of the molecule is CC[C@H]1CCN(C[C@H](C)N)[C@@H]1C(=O)NCc1cccc(Cl)c1Cl. The van der Waals surface area contributed by atoms with Crippen molar-refractivity contribution in [3.05, 3.63) is 33.8 Å². The van der Waals surface area contributed by atoms with Crippen LogP contribution >= 0.6 is 23.2 Å². The lowest BCUT2D eigenvalue weighted by Crippen LogP contribution is -2.49. The van der Waals surface area contributed by atoms with Gasteiger partial charge in [-0.1, -0.05) is 48.7 Å². The second-order valence-electron chi connectivity index (χ2n) is 6.30. The van der Waals surface area contributed by atoms with Crippen molar-refractivity contribution in [2.75, 3.05) is 13.1 Å². The topological polar surface area (TPSA) is 58.4 Å². The molecule has 1 fully saturated rings. The Morgan fingerprint density at radius 2 is 2.22 bits per heavy atom. The highest BCUT2D eigenvalue weighted by Gasteiger charge is 2.38. The van der Waals surface area contributed by atoms with Gasteiger partial charge in [0, 0.05) is 19.1 Å². The molecule has 0 unspecified atom stereocenters. The van der Waals surface area contributed by atoms with Crippen LogP contribution in [-0.2, 0) is 11.3 Å². The number of hydrogen-bond donors (Lipinski definition) is 2. The number of benzene rings is 1. The molecule has 0 aromatic heterocycles. The molecule has 0 bridgehead atoms. The number of rotatable bonds is 6. The smallest absolute Gasteiger partial charge is 0.237 e. The molecule has 0 saturated carbocycles. The van der Waals surface area contributed by atoms with Crippen molar-refractivity contribution in [2.45, 2.75) is 45.3 Å². The van der Waals surface area contributed by atoms with Gasteiger partial charge in [-0.2, -0.15) is 0 Å². The molecule has 1 aliphatic heterocycles. The molecule has 2 rings (SSSR count). The van der Waals surface area contributed by atoms with Gasteiger partial charge >= 0.3 is 0 Å². The summed E-state index contributed by atoms with van der Waals surface area (Å²) < 4.78 is 0. The summed E-state index contributed by atoms with van der Waals surface area (Å²) in [5, 5.41) is 4.02. The number of amides is 1. The minimum Gasteiger partial charge on any atom is -0.351 e. The molecule has 1 amide bonds. The van der Waals surface area contributed by atoms with Gasteiger partial charge in [-0.3, -0.25) is 9.69 Å². The largest absolute Gasteiger partial charge is 0.351 e. The highest BCUT2D eigenvalue weighted by molar-refractivity contribution is 6.42. The summed E-state index contributed by atoms with van der Waals surface area (Å²) in [6.07, 6.45) is 2.03. The highest BCUT2D eigenvalue weighted by atomic mass is 35.5. The maximum absolute atomic E-state index is 12.7. The molecule has 1 saturated heterocycles. The minimum absolute atomic E-state index is 0.0473. The first-order valence-electron chi connectivity index (χ1n) is 8.14. The first-order chi connectivity index (χ1) is 10.9. The van der Waals surface area contributed by atoms with E-state index in [0.717, 1.165) is 31.5 Å². The van der Waals surface area contributed by atoms with Crippen LogP contribution in [0, 0.1) is 5.92 Å². The monoisotopic (exact) mass is 357 g/mol. The van der Waals surface area contributed by atoms with E-state index in [2.05, 4.69) is 17.1 Å². The lowest BCUT2D eigenvalue weighted by molar-refractivity contribution is -0.126. The van der Waals surface area contributed by atoms with Gasteiger partial charge in [0.15, 0.2) is 0 Å². The fourth-order valence-corrected chi connectivity index (χ4v) is 3.67. The number of likely N-dealkylation sites (tertiary alicyclic amines) is 1. The molecule has 128 valence electrons. The Balaban J connectivity index is 2.03. The molecule has 3 N–H and O–H groups in total. The summed E-state index contributed by atoms with van der Waals surface area (Å²) in [5.41, 5.74) is 6.75. The van der Waals surface area contributed by atoms with Gasteiger partial charge in [-0.15, -0.1) is 0 Å². The summed E-state index contributed by atoms with van der Waals surface area (Å²) in [6, 6.07) is 5.40. The number of halogens is 2. The average Bonchev–Trinajstić information content (AvgIpc) is 2.90. The Morgan fingerprint density at radius 1 is 1.48 bits per heavy atom. The van der Waals surface area contributed by atoms with Crippen LogP contribution in [0.1, 0.15) is 32.3 Å². The van der Waals surface area contributed by atoms with Crippen LogP contribution in [0.2, 0.25) is 10.0 Å². The lowest BCUT2D eigenvalue weighted by atomic mass is 9.96. The van der Waals surface area contributed by atoms with Crippen molar-refractivity contribution < 1.29 is 4.79 Å². The van der Waals surface area contributed by atoms with Crippen LogP contribution in [0.15, 0.2) is 18.2 Å². The summed E-state index contributed by atoms with van der Waals surface area (Å²) in [5.74, 6) is 0.426. The first kappa shape index (κ1) is 18.5. The Labute approximate surface area is 148 Å². The van der Waals surface area contributed by atoms with Crippen LogP contribution < -0.4 is 11.1 Å². The zero-order valence-corrected chi connectivity index (χ0v) is 15.2. The quantitative estimate of drug-likeness (QED) is 0.822. The molecule has 23 heavy (non-hydrogen) atoms. The van der Waals surface area contributed by atoms with Crippen LogP contribution in [0.3, 0.4) is 0 Å². The van der Waals surface area contributed by atoms with Crippen molar-refractivity contribution >= 4 is 29.1 Å². The molecule has 6 heteroatoms. The predicted octanol–water partition coefficient (Wildman–Crippen LogP) is 3.06. The van der Waals surface area contributed by atoms with Crippen LogP contribution in [0.5, 0.6) is 0 Å². The zero-order chi connectivity index (χ0) is 17.0. The maximum atomic E-state index is 12.7. The number of hydrogen-bond acceptors (Lipinski definition) is 3. The number of nitrogens with zero attached hydrogens (tertiary/aromatic N) is 1. The Bertz CT molecular complexity index is 551. The Morgan fingerprint density at radius 3 is 2.87 bits per heavy atom. The van der Waals surface area contributed by atoms with Gasteiger partial charge in [-0.25, -0.2) is 0 Å². The first-order valence-corrected chi connectivity index (χ1v) is 8.89. The fourth-order valence-electron chi connectivity index (χ4n) is 3.28. The summed E-state index contributed by atoms with van der Waals surface area (Å²) >= 11 is 12.2. The molecular formula is C17H25Cl2N3O. The molecule has 4 nitrogen and oxygen atoms in total. The third kappa shape index (κ3) is 4.60. The van der Waals surface area contributed by atoms with E-state index in [9.17, 15) is 4.79 Å². The Kier molecular flexibility index (Phi) is 6.72. The van der Waals surface area contributed by atoms with E-state index >= 15 is 0 Å². The molecule has 1 aliphatic rings. The zero-order valence-electron chi connectivity index (χ0n) is 13.7. The van der Waals surface area contributed by atoms with E-state index in [1.54, 1.807) is 6.07 Å². The third-order valence-corrected chi connectivity index (χ3v) is 5.29. The van der Waals surface area contributed by atoms with Crippen molar-refractivity contribution in [3.63, 3.8) is 0 Å². The van der Waals surface area contributed by atoms with E-state index in [-0.39, 0.29) is 18.0 Å². The van der Waals surface area contributed by atoms with E-state index < -0.39 is 0 Å². The van der Waals surface area contributed by atoms with Gasteiger partial charge < -0.3 is 11.1 Å². The standard InChI is InChI=1S/C17H25Cl2N3O/c1-3-12-7-8-22(10-11(2)20)16(12)17(23)21-9-13-5-4-6-14(18)15(13)19/h4-6,11-12,16H,3,7-10,20H2,1-2H3,(H,21,23)/t11-,12-,16-/m0/s1. The molecule has 0 radical (unpaired) electrons. The normalized spacial score (nSPS) is 23.0. The molecule has 0 spiro atoms. The van der Waals surface area contributed by atoms with Gasteiger partial charge in [-0.05, 0) is 37.4 Å². The molecule has 1 aromatic rings. The average molecular weight is 358 g/mol. The lowest BCUT2D eigenvalue weighted by Gasteiger charge is -2.28. The second-order valence-corrected chi connectivity index (χ2v) is 7.09. The van der Waals surface area contributed by atoms with Gasteiger partial charge in [0.25, 0.3) is 0 Å². The van der Waals surface area contributed by atoms with Crippen molar-refractivity contribution in [3.8, 4) is 0 Å². The van der Waals surface area contributed by atoms with E-state index in [0.29, 0.717) is 22.5 Å². The number of carbonyl (C=O) groups excluding carboxylic acids is 1. The fraction of sp³-hybridized carbons (Fsp3) is 0.588. The van der Waals surface area contributed by atoms with Gasteiger partial charge in [0.1, 0.15) is 0 Å². The van der Waals surface area contributed by atoms with E-state index in [1.165, 1.54) is 0 Å². The minimum atomic E-state index is -0.107. The molecule has 3 atom stereocenters. The molecule has 1 heterocycles. The summed E-state index contributed by atoms with van der Waals surface area (Å²) in [6.45, 7) is 6.16. The van der Waals surface area contributed by atoms with Gasteiger partial charge in [0.05, 0.1) is 16.1 Å². The van der Waals surface area contributed by atoms with Crippen LogP contribution in [0.4, 0.5) is 0 Å². The number of nitrogens with one attached hydrogen (secondary N) is 1. The molecular weight excluding hydrogens is 333 g/mol. The maximum Gasteiger partial charge on any atom is 0.237 e. The van der Waals surface area contributed by atoms with E-state index in [1.807, 2.05) is 19.1 Å². The number of nitrogens with two attached hydrogens (primary N) is 1. The van der Waals surface area contributed by atoms with Crippen molar-refractivity contribution in [1.29, 1.82) is 0 Å². The molecule has 0 aliphatic carbocycles. The Hall–Kier alpha value is -0.810. The second kappa shape index (κ2) is 8.34. The number of carbonyl (C=O) groups is 1. The summed E-state index contributed by atoms with van der Waals surface area (Å²) in [7, 11) is 0. The predicted molar refractivity (Wildman–Crippen MR) is 95.7 cm³/mol. The van der Waals surface area contributed by atoms with Crippen LogP contribution in [0.25, 0.3) is 0 Å². The third-order valence-electron chi connectivity index (χ3n) is 4.43. The highest BCUT2D eigenvalue weighted by Crippen LogP contribution is 2.28. The van der Waals surface area contributed by atoms with Crippen molar-refractivity contribution in [2.24, 2.45) is 11.7 Å². The molecule has 1 aromatic carbocycles. The van der Waals surface area contributed by atoms with Crippen molar-refractivity contribution in [1.82, 2.24) is 10.2 Å². The van der Waals surface area contributed by atoms with E-state index in [4.69, 9.17) is 28.9 Å².